The summed E-state index contributed by atoms with van der Waals surface area (Å²) in [5.74, 6) is -0.186. The summed E-state index contributed by atoms with van der Waals surface area (Å²) >= 11 is 0. The Labute approximate surface area is 448 Å². The highest BCUT2D eigenvalue weighted by molar-refractivity contribution is 5.76. The Balaban J connectivity index is 2.01. The van der Waals surface area contributed by atoms with Crippen LogP contribution in [0.3, 0.4) is 0 Å². The van der Waals surface area contributed by atoms with Crippen LogP contribution in [0.15, 0.2) is 24.3 Å². The van der Waals surface area contributed by atoms with Crippen LogP contribution in [-0.2, 0) is 23.8 Å². The van der Waals surface area contributed by atoms with Crippen molar-refractivity contribution in [2.45, 2.75) is 339 Å². The van der Waals surface area contributed by atoms with E-state index in [2.05, 4.69) is 31.3 Å². The van der Waals surface area contributed by atoms with E-state index >= 15 is 0 Å². The fraction of sp³-hybridized carbons (Fsp3) is 0.903. The van der Waals surface area contributed by atoms with Gasteiger partial charge >= 0.3 is 5.97 Å². The maximum atomic E-state index is 13.0. The molecule has 1 aliphatic heterocycles. The third-order valence-corrected chi connectivity index (χ3v) is 14.8. The smallest absolute Gasteiger partial charge is 0.305 e. The van der Waals surface area contributed by atoms with Crippen molar-refractivity contribution >= 4 is 11.9 Å². The normalized spacial score (nSPS) is 19.0. The Hall–Kier alpha value is -1.86. The molecule has 73 heavy (non-hydrogen) atoms. The molecule has 11 nitrogen and oxygen atoms in total. The number of carbonyl (C=O) groups excluding carboxylic acids is 2. The van der Waals surface area contributed by atoms with Crippen LogP contribution in [0.4, 0.5) is 0 Å². The van der Waals surface area contributed by atoms with E-state index in [-0.39, 0.29) is 18.5 Å². The molecule has 0 aromatic rings. The van der Waals surface area contributed by atoms with E-state index in [1.807, 2.05) is 6.08 Å². The van der Waals surface area contributed by atoms with Gasteiger partial charge in [0.1, 0.15) is 24.4 Å². The second kappa shape index (κ2) is 52.2. The molecule has 7 unspecified atom stereocenters. The maximum Gasteiger partial charge on any atom is 0.305 e. The number of hydrogen-bond acceptors (Lipinski definition) is 10. The summed E-state index contributed by atoms with van der Waals surface area (Å²) in [6, 6.07) is -0.811. The first kappa shape index (κ1) is 69.2. The van der Waals surface area contributed by atoms with E-state index in [1.54, 1.807) is 6.08 Å². The standard InChI is InChI=1S/C62H117NO10/c1-3-5-7-9-11-13-29-34-38-42-46-50-58(67)71-51-47-43-39-35-31-28-26-24-22-20-18-16-15-17-19-21-23-25-27-30-33-37-41-45-49-57(66)63-54(53-72-62-61(70)60(69)59(68)56(52-64)73-62)55(65)48-44-40-36-32-14-12-10-8-6-4-2/h17,19,44,48,54-56,59-62,64-65,68-70H,3-16,18,20-43,45-47,49-53H2,1-2H3,(H,63,66)/b19-17-,48-44+. The Morgan fingerprint density at radius 1 is 0.493 bits per heavy atom. The van der Waals surface area contributed by atoms with E-state index in [0.717, 1.165) is 64.2 Å². The van der Waals surface area contributed by atoms with Crippen molar-refractivity contribution < 1.29 is 49.3 Å². The largest absolute Gasteiger partial charge is 0.466 e. The van der Waals surface area contributed by atoms with Gasteiger partial charge in [0.05, 0.1) is 32.0 Å². The lowest BCUT2D eigenvalue weighted by Gasteiger charge is -2.40. The van der Waals surface area contributed by atoms with Gasteiger partial charge in [-0.3, -0.25) is 9.59 Å². The molecule has 0 aromatic heterocycles. The van der Waals surface area contributed by atoms with Crippen LogP contribution in [0.25, 0.3) is 0 Å². The van der Waals surface area contributed by atoms with E-state index in [4.69, 9.17) is 14.2 Å². The first-order valence-electron chi connectivity index (χ1n) is 31.1. The van der Waals surface area contributed by atoms with Gasteiger partial charge < -0.3 is 45.1 Å². The molecule has 11 heteroatoms. The van der Waals surface area contributed by atoms with Crippen LogP contribution in [0.5, 0.6) is 0 Å². The average molecular weight is 1040 g/mol. The predicted molar refractivity (Wildman–Crippen MR) is 301 cm³/mol. The molecule has 1 fully saturated rings. The number of ether oxygens (including phenoxy) is 3. The monoisotopic (exact) mass is 1040 g/mol. The van der Waals surface area contributed by atoms with Crippen molar-refractivity contribution in [2.75, 3.05) is 19.8 Å². The van der Waals surface area contributed by atoms with Crippen molar-refractivity contribution in [1.82, 2.24) is 5.32 Å². The lowest BCUT2D eigenvalue weighted by molar-refractivity contribution is -0.302. The SMILES string of the molecule is CCCCCCCCCC/C=C/C(O)C(COC1OC(CO)C(O)C(O)C1O)NC(=O)CCCCCCCCCC/C=C\CCCCCCCCCCCCCCOC(=O)CCCCCCCCCCCCC. The average Bonchev–Trinajstić information content (AvgIpc) is 3.39. The molecule has 0 spiro atoms. The molecule has 0 bridgehead atoms. The molecule has 1 heterocycles. The van der Waals surface area contributed by atoms with Gasteiger partial charge in [0.15, 0.2) is 6.29 Å². The lowest BCUT2D eigenvalue weighted by atomic mass is 9.99. The molecule has 0 aliphatic carbocycles. The summed E-state index contributed by atoms with van der Waals surface area (Å²) in [5, 5.41) is 54.3. The van der Waals surface area contributed by atoms with Gasteiger partial charge in [-0.25, -0.2) is 0 Å². The number of hydrogen-bond donors (Lipinski definition) is 6. The zero-order valence-electron chi connectivity index (χ0n) is 47.4. The highest BCUT2D eigenvalue weighted by atomic mass is 16.7. The second-order valence-electron chi connectivity index (χ2n) is 21.8. The van der Waals surface area contributed by atoms with E-state index in [0.29, 0.717) is 19.4 Å². The van der Waals surface area contributed by atoms with Gasteiger partial charge in [-0.05, 0) is 57.8 Å². The van der Waals surface area contributed by atoms with Gasteiger partial charge in [0, 0.05) is 12.8 Å². The number of aliphatic hydroxyl groups is 5. The number of nitrogens with one attached hydrogen (secondary N) is 1. The number of esters is 1. The second-order valence-corrected chi connectivity index (χ2v) is 21.8. The van der Waals surface area contributed by atoms with E-state index in [9.17, 15) is 35.1 Å². The first-order chi connectivity index (χ1) is 35.7. The molecule has 0 radical (unpaired) electrons. The van der Waals surface area contributed by atoms with Crippen LogP contribution in [-0.4, -0.2) is 100 Å². The summed E-state index contributed by atoms with van der Waals surface area (Å²) in [5.41, 5.74) is 0. The van der Waals surface area contributed by atoms with Gasteiger partial charge in [-0.1, -0.05) is 250 Å². The number of carbonyl (C=O) groups is 2. The maximum absolute atomic E-state index is 13.0. The molecule has 1 amide bonds. The van der Waals surface area contributed by atoms with Crippen molar-refractivity contribution in [2.24, 2.45) is 0 Å². The third-order valence-electron chi connectivity index (χ3n) is 14.8. The van der Waals surface area contributed by atoms with E-state index in [1.165, 1.54) is 205 Å². The molecule has 0 saturated carbocycles. The highest BCUT2D eigenvalue weighted by Gasteiger charge is 2.44. The van der Waals surface area contributed by atoms with Gasteiger partial charge in [0.2, 0.25) is 5.91 Å². The summed E-state index contributed by atoms with van der Waals surface area (Å²) < 4.78 is 16.7. The minimum absolute atomic E-state index is 0.00114. The molecule has 1 aliphatic rings. The van der Waals surface area contributed by atoms with Crippen molar-refractivity contribution in [1.29, 1.82) is 0 Å². The zero-order chi connectivity index (χ0) is 53.1. The van der Waals surface area contributed by atoms with E-state index < -0.39 is 49.5 Å². The number of aliphatic hydroxyl groups excluding tert-OH is 5. The van der Waals surface area contributed by atoms with Crippen molar-refractivity contribution in [3.05, 3.63) is 24.3 Å². The van der Waals surface area contributed by atoms with Crippen molar-refractivity contribution in [3.63, 3.8) is 0 Å². The van der Waals surface area contributed by atoms with Crippen LogP contribution in [0.2, 0.25) is 0 Å². The molecule has 0 aromatic carbocycles. The Bertz CT molecular complexity index is 1260. The Morgan fingerprint density at radius 3 is 1.32 bits per heavy atom. The van der Waals surface area contributed by atoms with Crippen LogP contribution in [0, 0.1) is 0 Å². The minimum Gasteiger partial charge on any atom is -0.466 e. The van der Waals surface area contributed by atoms with Crippen LogP contribution in [0.1, 0.15) is 296 Å². The summed E-state index contributed by atoms with van der Waals surface area (Å²) in [6.07, 6.45) is 52.9. The summed E-state index contributed by atoms with van der Waals surface area (Å²) in [4.78, 5) is 25.0. The molecule has 1 rings (SSSR count). The number of amides is 1. The molecular formula is C62H117NO10. The first-order valence-corrected chi connectivity index (χ1v) is 31.1. The third kappa shape index (κ3) is 41.9. The molecule has 430 valence electrons. The zero-order valence-corrected chi connectivity index (χ0v) is 47.4. The van der Waals surface area contributed by atoms with Gasteiger partial charge in [0.25, 0.3) is 0 Å². The molecular weight excluding hydrogens is 919 g/mol. The van der Waals surface area contributed by atoms with Crippen LogP contribution < -0.4 is 5.32 Å². The number of rotatable bonds is 54. The summed E-state index contributed by atoms with van der Waals surface area (Å²) in [7, 11) is 0. The van der Waals surface area contributed by atoms with Crippen molar-refractivity contribution in [3.8, 4) is 0 Å². The molecule has 1 saturated heterocycles. The van der Waals surface area contributed by atoms with Gasteiger partial charge in [-0.15, -0.1) is 0 Å². The minimum atomic E-state index is -1.57. The predicted octanol–water partition coefficient (Wildman–Crippen LogP) is 14.5. The fourth-order valence-electron chi connectivity index (χ4n) is 9.84. The topological polar surface area (TPSA) is 175 Å². The number of unbranched alkanes of at least 4 members (excludes halogenated alkanes) is 38. The fourth-order valence-corrected chi connectivity index (χ4v) is 9.84. The lowest BCUT2D eigenvalue weighted by Crippen LogP contribution is -2.60. The highest BCUT2D eigenvalue weighted by Crippen LogP contribution is 2.23. The van der Waals surface area contributed by atoms with Crippen LogP contribution >= 0.6 is 0 Å². The summed E-state index contributed by atoms with van der Waals surface area (Å²) in [6.45, 7) is 4.33. The quantitative estimate of drug-likeness (QED) is 0.0195. The number of allylic oxidation sites excluding steroid dienone is 3. The van der Waals surface area contributed by atoms with Gasteiger partial charge in [-0.2, -0.15) is 0 Å². The molecule has 7 atom stereocenters. The molecule has 6 N–H and O–H groups in total. The Kier molecular flexibility index (Phi) is 49.5. The Morgan fingerprint density at radius 2 is 0.877 bits per heavy atom.